The Labute approximate surface area is 183 Å². The zero-order valence-electron chi connectivity index (χ0n) is 16.2. The van der Waals surface area contributed by atoms with Gasteiger partial charge in [-0.15, -0.1) is 0 Å². The minimum absolute atomic E-state index is 0.0598. The first-order chi connectivity index (χ1) is 14.0. The monoisotopic (exact) mass is 505 g/mol. The number of Topliss-reactive ketones (excluding diaryl/α,β-unsaturated/α-hetero) is 1. The summed E-state index contributed by atoms with van der Waals surface area (Å²) < 4.78 is 3.13. The van der Waals surface area contributed by atoms with E-state index in [9.17, 15) is 14.4 Å². The van der Waals surface area contributed by atoms with Gasteiger partial charge in [-0.05, 0) is 65.8 Å². The molecule has 29 heavy (non-hydrogen) atoms. The lowest BCUT2D eigenvalue weighted by Gasteiger charge is -2.24. The number of halogens is 1. The molecule has 1 aliphatic carbocycles. The average Bonchev–Trinajstić information content (AvgIpc) is 3.25. The van der Waals surface area contributed by atoms with Crippen molar-refractivity contribution in [1.29, 1.82) is 0 Å². The molecule has 0 radical (unpaired) electrons. The number of nitrogens with one attached hydrogen (secondary N) is 1. The number of carbonyl (C=O) groups excluding carboxylic acids is 3. The largest absolute Gasteiger partial charge is 0.296 e. The van der Waals surface area contributed by atoms with E-state index in [2.05, 4.69) is 39.1 Å². The summed E-state index contributed by atoms with van der Waals surface area (Å²) >= 11 is 2.26. The Morgan fingerprint density at radius 1 is 1.14 bits per heavy atom. The summed E-state index contributed by atoms with van der Waals surface area (Å²) in [4.78, 5) is 36.6. The van der Waals surface area contributed by atoms with E-state index in [4.69, 9.17) is 0 Å². The van der Waals surface area contributed by atoms with Crippen molar-refractivity contribution in [3.05, 3.63) is 50.9 Å². The number of aromatic nitrogens is 2. The predicted molar refractivity (Wildman–Crippen MR) is 116 cm³/mol. The fourth-order valence-corrected chi connectivity index (χ4v) is 4.95. The third-order valence-electron chi connectivity index (χ3n) is 6.00. The summed E-state index contributed by atoms with van der Waals surface area (Å²) in [5.74, 6) is -1.19. The molecule has 152 valence electrons. The van der Waals surface area contributed by atoms with Gasteiger partial charge in [-0.2, -0.15) is 5.10 Å². The molecule has 7 heteroatoms. The van der Waals surface area contributed by atoms with Gasteiger partial charge >= 0.3 is 0 Å². The number of piperidine rings is 1. The van der Waals surface area contributed by atoms with Crippen LogP contribution in [0.3, 0.4) is 0 Å². The molecule has 0 spiro atoms. The van der Waals surface area contributed by atoms with E-state index in [1.165, 1.54) is 5.56 Å². The second kappa shape index (κ2) is 8.77. The van der Waals surface area contributed by atoms with E-state index in [0.29, 0.717) is 19.3 Å². The first-order valence-corrected chi connectivity index (χ1v) is 11.3. The lowest BCUT2D eigenvalue weighted by molar-refractivity contribution is -0.137. The van der Waals surface area contributed by atoms with Crippen LogP contribution in [0.5, 0.6) is 0 Å². The molecule has 1 N–H and O–H groups in total. The van der Waals surface area contributed by atoms with Crippen molar-refractivity contribution in [1.82, 2.24) is 15.1 Å². The number of benzene rings is 1. The molecule has 0 bridgehead atoms. The number of hydrogen-bond donors (Lipinski definition) is 1. The van der Waals surface area contributed by atoms with E-state index in [-0.39, 0.29) is 23.5 Å². The topological polar surface area (TPSA) is 81.1 Å². The van der Waals surface area contributed by atoms with Crippen LogP contribution in [-0.4, -0.2) is 27.4 Å². The van der Waals surface area contributed by atoms with E-state index >= 15 is 0 Å². The zero-order chi connectivity index (χ0) is 20.4. The molecule has 1 fully saturated rings. The molecule has 1 aromatic heterocycles. The quantitative estimate of drug-likeness (QED) is 0.356. The van der Waals surface area contributed by atoms with Crippen molar-refractivity contribution >= 4 is 40.2 Å². The smallest absolute Gasteiger partial charge is 0.230 e. The summed E-state index contributed by atoms with van der Waals surface area (Å²) in [5, 5.41) is 6.70. The Bertz CT molecular complexity index is 953. The number of hydrogen-bond acceptors (Lipinski definition) is 4. The van der Waals surface area contributed by atoms with Crippen LogP contribution in [-0.2, 0) is 29.0 Å². The van der Waals surface area contributed by atoms with Gasteiger partial charge in [0.1, 0.15) is 0 Å². The molecule has 4 rings (SSSR count). The lowest BCUT2D eigenvalue weighted by atomic mass is 9.82. The summed E-state index contributed by atoms with van der Waals surface area (Å²) in [6.45, 7) is 0.923. The molecule has 6 nitrogen and oxygen atoms in total. The molecule has 2 aromatic rings. The van der Waals surface area contributed by atoms with Gasteiger partial charge in [0, 0.05) is 36.6 Å². The van der Waals surface area contributed by atoms with Crippen molar-refractivity contribution < 1.29 is 14.4 Å². The molecule has 2 unspecified atom stereocenters. The van der Waals surface area contributed by atoms with Crippen LogP contribution in [0.25, 0.3) is 0 Å². The average molecular weight is 505 g/mol. The molecule has 0 saturated carbocycles. The van der Waals surface area contributed by atoms with Gasteiger partial charge in [-0.3, -0.25) is 24.4 Å². The van der Waals surface area contributed by atoms with Crippen LogP contribution in [0.4, 0.5) is 0 Å². The van der Waals surface area contributed by atoms with E-state index in [1.807, 2.05) is 29.2 Å². The number of nitrogens with zero attached hydrogens (tertiary/aromatic N) is 2. The number of rotatable bonds is 7. The Morgan fingerprint density at radius 2 is 2.00 bits per heavy atom. The van der Waals surface area contributed by atoms with Gasteiger partial charge in [0.25, 0.3) is 0 Å². The second-order valence-electron chi connectivity index (χ2n) is 7.91. The highest BCUT2D eigenvalue weighted by atomic mass is 127. The summed E-state index contributed by atoms with van der Waals surface area (Å²) in [5.41, 5.74) is 3.09. The Hall–Kier alpha value is -2.03. The SMILES string of the molecule is O=C1CCC(C2Cc3c(CCCCCn4cc(I)cn4)cccc3C2=O)C(=O)N1. The summed E-state index contributed by atoms with van der Waals surface area (Å²) in [7, 11) is 0. The van der Waals surface area contributed by atoms with Crippen LogP contribution >= 0.6 is 22.6 Å². The second-order valence-corrected chi connectivity index (χ2v) is 9.15. The maximum absolute atomic E-state index is 12.9. The molecular weight excluding hydrogens is 481 g/mol. The fraction of sp³-hybridized carbons (Fsp3) is 0.455. The molecule has 2 amide bonds. The minimum Gasteiger partial charge on any atom is -0.296 e. The number of unbranched alkanes of at least 4 members (excludes halogenated alkanes) is 2. The molecule has 2 aliphatic rings. The van der Waals surface area contributed by atoms with Gasteiger partial charge in [0.15, 0.2) is 5.78 Å². The van der Waals surface area contributed by atoms with Crippen LogP contribution in [0.15, 0.2) is 30.6 Å². The van der Waals surface area contributed by atoms with Crippen LogP contribution in [0, 0.1) is 15.4 Å². The fourth-order valence-electron chi connectivity index (χ4n) is 4.50. The first kappa shape index (κ1) is 20.3. The van der Waals surface area contributed by atoms with E-state index < -0.39 is 5.92 Å². The highest BCUT2D eigenvalue weighted by Gasteiger charge is 2.42. The highest BCUT2D eigenvalue weighted by Crippen LogP contribution is 2.37. The van der Waals surface area contributed by atoms with E-state index in [0.717, 1.165) is 46.9 Å². The predicted octanol–water partition coefficient (Wildman–Crippen LogP) is 3.31. The molecular formula is C22H24IN3O3. The molecule has 1 aliphatic heterocycles. The Kier molecular flexibility index (Phi) is 6.12. The van der Waals surface area contributed by atoms with Crippen molar-refractivity contribution in [2.75, 3.05) is 0 Å². The number of fused-ring (bicyclic) bond motifs is 1. The normalized spacial score (nSPS) is 21.3. The number of ketones is 1. The van der Waals surface area contributed by atoms with E-state index in [1.54, 1.807) is 0 Å². The van der Waals surface area contributed by atoms with Gasteiger partial charge in [0.05, 0.1) is 9.77 Å². The first-order valence-electron chi connectivity index (χ1n) is 10.2. The molecule has 1 aromatic carbocycles. The third kappa shape index (κ3) is 4.44. The van der Waals surface area contributed by atoms with Crippen LogP contribution in [0.2, 0.25) is 0 Å². The molecule has 2 heterocycles. The molecule has 2 atom stereocenters. The molecule has 1 saturated heterocycles. The van der Waals surface area contributed by atoms with Gasteiger partial charge < -0.3 is 0 Å². The lowest BCUT2D eigenvalue weighted by Crippen LogP contribution is -2.44. The summed E-state index contributed by atoms with van der Waals surface area (Å²) in [6.07, 6.45) is 9.49. The standard InChI is InChI=1S/C22H24IN3O3/c23-15-12-24-26(13-15)10-3-1-2-5-14-6-4-7-16-18(14)11-19(21(16)28)17-8-9-20(27)25-22(17)29/h4,6-7,12-13,17,19H,1-3,5,8-11H2,(H,25,27,29). The number of carbonyl (C=O) groups is 3. The van der Waals surface area contributed by atoms with Gasteiger partial charge in [0.2, 0.25) is 11.8 Å². The van der Waals surface area contributed by atoms with Gasteiger partial charge in [-0.1, -0.05) is 24.6 Å². The number of amides is 2. The maximum atomic E-state index is 12.9. The minimum atomic E-state index is -0.391. The third-order valence-corrected chi connectivity index (χ3v) is 6.56. The van der Waals surface area contributed by atoms with Gasteiger partial charge in [-0.25, -0.2) is 0 Å². The van der Waals surface area contributed by atoms with Crippen LogP contribution in [0.1, 0.15) is 53.6 Å². The maximum Gasteiger partial charge on any atom is 0.230 e. The number of imide groups is 1. The van der Waals surface area contributed by atoms with Crippen molar-refractivity contribution in [2.24, 2.45) is 11.8 Å². The van der Waals surface area contributed by atoms with Crippen molar-refractivity contribution in [3.8, 4) is 0 Å². The Morgan fingerprint density at radius 3 is 2.76 bits per heavy atom. The van der Waals surface area contributed by atoms with Crippen LogP contribution < -0.4 is 5.32 Å². The summed E-state index contributed by atoms with van der Waals surface area (Å²) in [6, 6.07) is 5.94. The Balaban J connectivity index is 1.35. The van der Waals surface area contributed by atoms with Crippen molar-refractivity contribution in [3.63, 3.8) is 0 Å². The number of aryl methyl sites for hydroxylation is 2. The highest BCUT2D eigenvalue weighted by molar-refractivity contribution is 14.1. The van der Waals surface area contributed by atoms with Crippen molar-refractivity contribution in [2.45, 2.75) is 51.5 Å². The zero-order valence-corrected chi connectivity index (χ0v) is 18.4.